The summed E-state index contributed by atoms with van der Waals surface area (Å²) in [6.07, 6.45) is 16.7. The zero-order valence-electron chi connectivity index (χ0n) is 25.7. The van der Waals surface area contributed by atoms with Crippen molar-refractivity contribution in [3.8, 4) is 0 Å². The lowest BCUT2D eigenvalue weighted by molar-refractivity contribution is -0.148. The first-order chi connectivity index (χ1) is 21.0. The van der Waals surface area contributed by atoms with Gasteiger partial charge in [0.2, 0.25) is 0 Å². The molecule has 0 heterocycles. The van der Waals surface area contributed by atoms with E-state index in [4.69, 9.17) is 33.4 Å². The molecule has 1 unspecified atom stereocenters. The van der Waals surface area contributed by atoms with Crippen LogP contribution in [0.25, 0.3) is 0 Å². The van der Waals surface area contributed by atoms with Crippen LogP contribution in [-0.2, 0) is 25.6 Å². The summed E-state index contributed by atoms with van der Waals surface area (Å²) in [6.45, 7) is -1.98. The number of unbranched alkanes of at least 4 members (excludes halogenated alkanes) is 12. The Bertz CT molecular complexity index is 979. The molecule has 0 amide bonds. The van der Waals surface area contributed by atoms with Crippen molar-refractivity contribution in [2.75, 3.05) is 32.7 Å². The van der Waals surface area contributed by atoms with Crippen LogP contribution in [0.15, 0.2) is 24.3 Å². The van der Waals surface area contributed by atoms with Crippen LogP contribution >= 0.6 is 23.2 Å². The van der Waals surface area contributed by atoms with Crippen molar-refractivity contribution >= 4 is 47.1 Å². The minimum absolute atomic E-state index is 0.123. The van der Waals surface area contributed by atoms with E-state index in [-0.39, 0.29) is 17.9 Å². The second-order valence-corrected chi connectivity index (χ2v) is 12.6. The van der Waals surface area contributed by atoms with Gasteiger partial charge in [0.15, 0.2) is 0 Å². The van der Waals surface area contributed by atoms with E-state index in [0.29, 0.717) is 12.0 Å². The highest BCUT2D eigenvalue weighted by Gasteiger charge is 2.31. The average molecular weight is 662 g/mol. The molecule has 0 aliphatic heterocycles. The van der Waals surface area contributed by atoms with Crippen molar-refractivity contribution in [1.82, 2.24) is 9.80 Å². The van der Waals surface area contributed by atoms with Crippen molar-refractivity contribution in [1.29, 1.82) is 0 Å². The minimum Gasteiger partial charge on any atom is -0.480 e. The number of carboxylic acid groups (broad SMARTS) is 4. The molecular weight excluding hydrogens is 611 g/mol. The van der Waals surface area contributed by atoms with Crippen LogP contribution in [0.1, 0.15) is 107 Å². The molecule has 1 aromatic rings. The predicted octanol–water partition coefficient (Wildman–Crippen LogP) is 6.48. The van der Waals surface area contributed by atoms with E-state index < -0.39 is 49.6 Å². The minimum atomic E-state index is -1.28. The van der Waals surface area contributed by atoms with Gasteiger partial charge in [-0.25, -0.2) is 0 Å². The Labute approximate surface area is 271 Å². The molecule has 44 heavy (non-hydrogen) atoms. The van der Waals surface area contributed by atoms with E-state index in [1.807, 2.05) is 12.1 Å². The molecule has 250 valence electrons. The SMILES string of the molecule is O=C(O)CN(CCN(CC(=O)O)C(C(=O)O)c1ccccc1CCCCCCCCCCCCCCCC(Cl)Cl)CC(=O)O. The predicted molar refractivity (Wildman–Crippen MR) is 172 cm³/mol. The molecule has 4 N–H and O–H groups in total. The summed E-state index contributed by atoms with van der Waals surface area (Å²) in [7, 11) is 0. The van der Waals surface area contributed by atoms with Gasteiger partial charge in [-0.1, -0.05) is 101 Å². The smallest absolute Gasteiger partial charge is 0.325 e. The largest absolute Gasteiger partial charge is 0.480 e. The third kappa shape index (κ3) is 19.1. The van der Waals surface area contributed by atoms with Crippen LogP contribution in [0.2, 0.25) is 0 Å². The molecule has 0 aromatic heterocycles. The van der Waals surface area contributed by atoms with Gasteiger partial charge in [0.1, 0.15) is 10.9 Å². The molecule has 0 saturated heterocycles. The highest BCUT2D eigenvalue weighted by molar-refractivity contribution is 6.44. The number of benzene rings is 1. The highest BCUT2D eigenvalue weighted by Crippen LogP contribution is 2.26. The fourth-order valence-corrected chi connectivity index (χ4v) is 5.72. The maximum Gasteiger partial charge on any atom is 0.325 e. The second-order valence-electron chi connectivity index (χ2n) is 11.3. The summed E-state index contributed by atoms with van der Waals surface area (Å²) >= 11 is 11.5. The second kappa shape index (κ2) is 23.9. The Balaban J connectivity index is 2.57. The van der Waals surface area contributed by atoms with Gasteiger partial charge in [-0.15, -0.1) is 23.2 Å². The third-order valence-corrected chi connectivity index (χ3v) is 8.01. The molecule has 0 saturated carbocycles. The molecule has 0 fully saturated rings. The molecular formula is C32H50Cl2N2O8. The molecule has 1 atom stereocenters. The lowest BCUT2D eigenvalue weighted by Crippen LogP contribution is -2.45. The van der Waals surface area contributed by atoms with E-state index in [0.717, 1.165) is 49.0 Å². The summed E-state index contributed by atoms with van der Waals surface area (Å²) < 4.78 is 0. The van der Waals surface area contributed by atoms with Crippen molar-refractivity contribution < 1.29 is 39.6 Å². The Hall–Kier alpha value is -2.40. The Kier molecular flexibility index (Phi) is 21.5. The lowest BCUT2D eigenvalue weighted by atomic mass is 9.94. The number of carbonyl (C=O) groups is 4. The summed E-state index contributed by atoms with van der Waals surface area (Å²) in [5, 5.41) is 37.9. The first-order valence-electron chi connectivity index (χ1n) is 15.7. The fourth-order valence-electron chi connectivity index (χ4n) is 5.41. The van der Waals surface area contributed by atoms with Gasteiger partial charge in [0.25, 0.3) is 0 Å². The topological polar surface area (TPSA) is 156 Å². The van der Waals surface area contributed by atoms with Gasteiger partial charge in [-0.05, 0) is 30.4 Å². The van der Waals surface area contributed by atoms with Crippen LogP contribution in [0.4, 0.5) is 0 Å². The Morgan fingerprint density at radius 2 is 1.07 bits per heavy atom. The van der Waals surface area contributed by atoms with Crippen LogP contribution in [-0.4, -0.2) is 91.7 Å². The number of hydrogen-bond acceptors (Lipinski definition) is 6. The number of aliphatic carboxylic acids is 4. The standard InChI is InChI=1S/C32H50Cl2N2O8/c33-27(34)19-13-11-9-7-5-3-1-2-4-6-8-10-12-16-25-17-14-15-18-26(25)31(32(43)44)36(24-30(41)42)21-20-35(22-28(37)38)23-29(39)40/h14-15,17-18,27,31H,1-13,16,19-24H2,(H,37,38)(H,39,40)(H,41,42)(H,43,44). The van der Waals surface area contributed by atoms with Crippen molar-refractivity contribution in [2.45, 2.75) is 107 Å². The van der Waals surface area contributed by atoms with Crippen LogP contribution < -0.4 is 0 Å². The molecule has 1 aromatic carbocycles. The first-order valence-corrected chi connectivity index (χ1v) is 16.6. The lowest BCUT2D eigenvalue weighted by Gasteiger charge is -2.31. The van der Waals surface area contributed by atoms with Crippen LogP contribution in [0, 0.1) is 0 Å². The first kappa shape index (κ1) is 39.6. The molecule has 0 aliphatic rings. The fraction of sp³-hybridized carbons (Fsp3) is 0.688. The number of carboxylic acids is 4. The van der Waals surface area contributed by atoms with Gasteiger partial charge in [0.05, 0.1) is 19.6 Å². The monoisotopic (exact) mass is 660 g/mol. The number of aryl methyl sites for hydroxylation is 1. The summed E-state index contributed by atoms with van der Waals surface area (Å²) in [5.41, 5.74) is 1.32. The van der Waals surface area contributed by atoms with Crippen molar-refractivity contribution in [3.05, 3.63) is 35.4 Å². The van der Waals surface area contributed by atoms with Gasteiger partial charge >= 0.3 is 23.9 Å². The Morgan fingerprint density at radius 3 is 1.52 bits per heavy atom. The third-order valence-electron chi connectivity index (χ3n) is 7.58. The quantitative estimate of drug-likeness (QED) is 0.0579. The van der Waals surface area contributed by atoms with Gasteiger partial charge in [-0.2, -0.15) is 0 Å². The maximum absolute atomic E-state index is 12.5. The average Bonchev–Trinajstić information content (AvgIpc) is 2.93. The van der Waals surface area contributed by atoms with E-state index in [9.17, 15) is 29.4 Å². The van der Waals surface area contributed by atoms with E-state index in [1.165, 1.54) is 56.3 Å². The number of halogens is 2. The maximum atomic E-state index is 12.5. The van der Waals surface area contributed by atoms with Gasteiger partial charge in [-0.3, -0.25) is 29.0 Å². The normalized spacial score (nSPS) is 12.2. The molecule has 1 rings (SSSR count). The molecule has 0 bridgehead atoms. The van der Waals surface area contributed by atoms with Crippen molar-refractivity contribution in [2.24, 2.45) is 0 Å². The zero-order valence-corrected chi connectivity index (χ0v) is 27.2. The molecule has 12 heteroatoms. The molecule has 0 aliphatic carbocycles. The van der Waals surface area contributed by atoms with E-state index >= 15 is 0 Å². The molecule has 10 nitrogen and oxygen atoms in total. The molecule has 0 spiro atoms. The van der Waals surface area contributed by atoms with Crippen LogP contribution in [0.5, 0.6) is 0 Å². The van der Waals surface area contributed by atoms with Crippen LogP contribution in [0.3, 0.4) is 0 Å². The summed E-state index contributed by atoms with van der Waals surface area (Å²) in [5.74, 6) is -4.93. The Morgan fingerprint density at radius 1 is 0.614 bits per heavy atom. The summed E-state index contributed by atoms with van der Waals surface area (Å²) in [4.78, 5) is 48.6. The van der Waals surface area contributed by atoms with Gasteiger partial charge in [0, 0.05) is 13.1 Å². The number of nitrogens with zero attached hydrogens (tertiary/aromatic N) is 2. The van der Waals surface area contributed by atoms with Crippen molar-refractivity contribution in [3.63, 3.8) is 0 Å². The highest BCUT2D eigenvalue weighted by atomic mass is 35.5. The molecule has 0 radical (unpaired) electrons. The van der Waals surface area contributed by atoms with Gasteiger partial charge < -0.3 is 20.4 Å². The van der Waals surface area contributed by atoms with E-state index in [2.05, 4.69) is 0 Å². The van der Waals surface area contributed by atoms with E-state index in [1.54, 1.807) is 12.1 Å². The number of rotatable bonds is 28. The number of hydrogen-bond donors (Lipinski definition) is 4. The summed E-state index contributed by atoms with van der Waals surface area (Å²) in [6, 6.07) is 5.81. The number of alkyl halides is 2. The zero-order chi connectivity index (χ0) is 32.7.